The van der Waals surface area contributed by atoms with Gasteiger partial charge in [0.25, 0.3) is 5.91 Å². The van der Waals surface area contributed by atoms with Crippen LogP contribution in [0.15, 0.2) is 41.1 Å². The van der Waals surface area contributed by atoms with Gasteiger partial charge >= 0.3 is 0 Å². The van der Waals surface area contributed by atoms with Gasteiger partial charge in [-0.1, -0.05) is 24.2 Å². The third-order valence-electron chi connectivity index (χ3n) is 4.79. The molecule has 1 aliphatic carbocycles. The lowest BCUT2D eigenvalue weighted by Gasteiger charge is -2.14. The highest BCUT2D eigenvalue weighted by Gasteiger charge is 2.25. The third kappa shape index (κ3) is 3.46. The highest BCUT2D eigenvalue weighted by molar-refractivity contribution is 5.92. The van der Waals surface area contributed by atoms with Crippen LogP contribution in [0, 0.1) is 0 Å². The molecule has 4 rings (SSSR count). The fourth-order valence-corrected chi connectivity index (χ4v) is 3.35. The zero-order valence-electron chi connectivity index (χ0n) is 15.0. The molecule has 0 fully saturated rings. The first-order chi connectivity index (χ1) is 13.2. The number of nitrogens with zero attached hydrogens (tertiary/aromatic N) is 3. The smallest absolute Gasteiger partial charge is 0.270 e. The van der Waals surface area contributed by atoms with Crippen molar-refractivity contribution in [2.45, 2.75) is 38.8 Å². The Labute approximate surface area is 156 Å². The van der Waals surface area contributed by atoms with Crippen molar-refractivity contribution in [3.05, 3.63) is 64.8 Å². The van der Waals surface area contributed by atoms with Crippen LogP contribution in [0.25, 0.3) is 11.4 Å². The molecule has 1 aromatic carbocycles. The average molecular weight is 364 g/mol. The zero-order chi connectivity index (χ0) is 18.8. The van der Waals surface area contributed by atoms with Gasteiger partial charge in [0, 0.05) is 18.2 Å². The minimum Gasteiger partial charge on any atom is -0.392 e. The average Bonchev–Trinajstić information content (AvgIpc) is 3.35. The van der Waals surface area contributed by atoms with Gasteiger partial charge in [-0.25, -0.2) is 0 Å². The Balaban J connectivity index is 1.52. The molecule has 0 aliphatic heterocycles. The van der Waals surface area contributed by atoms with E-state index in [-0.39, 0.29) is 18.6 Å². The number of fused-ring (bicyclic) bond motifs is 1. The molecule has 2 N–H and O–H groups in total. The minimum atomic E-state index is -0.238. The summed E-state index contributed by atoms with van der Waals surface area (Å²) in [6.45, 7) is 1.85. The molecule has 0 spiro atoms. The van der Waals surface area contributed by atoms with Gasteiger partial charge in [-0.2, -0.15) is 4.98 Å². The maximum Gasteiger partial charge on any atom is 0.270 e. The second kappa shape index (κ2) is 7.28. The molecule has 0 saturated carbocycles. The monoisotopic (exact) mass is 364 g/mol. The number of aromatic nitrogens is 3. The number of hydrogen-bond acceptors (Lipinski definition) is 6. The quantitative estimate of drug-likeness (QED) is 0.722. The molecule has 1 amide bonds. The van der Waals surface area contributed by atoms with Crippen LogP contribution in [0.4, 0.5) is 0 Å². The summed E-state index contributed by atoms with van der Waals surface area (Å²) in [5.74, 6) is 0.971. The number of hydrogen-bond donors (Lipinski definition) is 2. The van der Waals surface area contributed by atoms with Crippen LogP contribution >= 0.6 is 0 Å². The molecule has 3 aromatic rings. The predicted octanol–water partition coefficient (Wildman–Crippen LogP) is 2.60. The van der Waals surface area contributed by atoms with Gasteiger partial charge in [0.2, 0.25) is 11.7 Å². The molecule has 2 heterocycles. The minimum absolute atomic E-state index is 0.0578. The van der Waals surface area contributed by atoms with E-state index in [2.05, 4.69) is 26.5 Å². The summed E-state index contributed by atoms with van der Waals surface area (Å²) in [5.41, 5.74) is 4.17. The van der Waals surface area contributed by atoms with Crippen molar-refractivity contribution < 1.29 is 14.4 Å². The number of pyridine rings is 1. The van der Waals surface area contributed by atoms with Crippen LogP contribution in [0.2, 0.25) is 0 Å². The SMILES string of the molecule is CCc1nc(-c2ccc3c(c2)CC[C@H]3NC(=O)c2cc(CO)ccn2)no1. The largest absolute Gasteiger partial charge is 0.392 e. The van der Waals surface area contributed by atoms with E-state index >= 15 is 0 Å². The third-order valence-corrected chi connectivity index (χ3v) is 4.79. The standard InChI is InChI=1S/C20H20N4O3/c1-2-18-23-19(24-27-18)14-3-5-15-13(10-14)4-6-16(15)22-20(26)17-9-12(11-25)7-8-21-17/h3,5,7-10,16,25H,2,4,6,11H2,1H3,(H,22,26)/t16-/m1/s1. The van der Waals surface area contributed by atoms with E-state index in [1.165, 1.54) is 11.8 Å². The molecule has 2 aromatic heterocycles. The number of rotatable bonds is 5. The van der Waals surface area contributed by atoms with Gasteiger partial charge in [0.05, 0.1) is 12.6 Å². The van der Waals surface area contributed by atoms with Crippen molar-refractivity contribution in [2.75, 3.05) is 0 Å². The molecule has 27 heavy (non-hydrogen) atoms. The lowest BCUT2D eigenvalue weighted by atomic mass is 10.0. The Hall–Kier alpha value is -3.06. The molecule has 0 radical (unpaired) electrons. The fraction of sp³-hybridized carbons (Fsp3) is 0.300. The maximum atomic E-state index is 12.5. The number of nitrogens with one attached hydrogen (secondary N) is 1. The Morgan fingerprint density at radius 2 is 2.22 bits per heavy atom. The molecule has 0 saturated heterocycles. The van der Waals surface area contributed by atoms with Gasteiger partial charge in [0.15, 0.2) is 0 Å². The molecular weight excluding hydrogens is 344 g/mol. The summed E-state index contributed by atoms with van der Waals surface area (Å²) in [4.78, 5) is 21.0. The van der Waals surface area contributed by atoms with Gasteiger partial charge in [-0.05, 0) is 47.7 Å². The van der Waals surface area contributed by atoms with E-state index < -0.39 is 0 Å². The number of aliphatic hydroxyl groups excluding tert-OH is 1. The van der Waals surface area contributed by atoms with Crippen LogP contribution in [0.5, 0.6) is 0 Å². The summed E-state index contributed by atoms with van der Waals surface area (Å²) in [5, 5.41) is 16.3. The summed E-state index contributed by atoms with van der Waals surface area (Å²) in [6, 6.07) is 9.27. The van der Waals surface area contributed by atoms with E-state index in [1.54, 1.807) is 12.1 Å². The number of benzene rings is 1. The first-order valence-corrected chi connectivity index (χ1v) is 9.00. The summed E-state index contributed by atoms with van der Waals surface area (Å²) in [6.07, 6.45) is 3.94. The van der Waals surface area contributed by atoms with Crippen LogP contribution in [-0.4, -0.2) is 26.1 Å². The molecule has 7 heteroatoms. The van der Waals surface area contributed by atoms with Crippen LogP contribution in [0.1, 0.15) is 52.5 Å². The van der Waals surface area contributed by atoms with Crippen molar-refractivity contribution in [1.82, 2.24) is 20.4 Å². The van der Waals surface area contributed by atoms with E-state index in [4.69, 9.17) is 4.52 Å². The first-order valence-electron chi connectivity index (χ1n) is 9.00. The van der Waals surface area contributed by atoms with E-state index in [0.717, 1.165) is 24.0 Å². The predicted molar refractivity (Wildman–Crippen MR) is 97.8 cm³/mol. The lowest BCUT2D eigenvalue weighted by Crippen LogP contribution is -2.28. The molecular formula is C20H20N4O3. The summed E-state index contributed by atoms with van der Waals surface area (Å²) in [7, 11) is 0. The summed E-state index contributed by atoms with van der Waals surface area (Å²) < 4.78 is 5.19. The highest BCUT2D eigenvalue weighted by Crippen LogP contribution is 2.33. The Bertz CT molecular complexity index is 983. The first kappa shape index (κ1) is 17.4. The Kier molecular flexibility index (Phi) is 4.68. The Morgan fingerprint density at radius 3 is 3.00 bits per heavy atom. The second-order valence-corrected chi connectivity index (χ2v) is 6.55. The molecule has 1 atom stereocenters. The van der Waals surface area contributed by atoms with Crippen molar-refractivity contribution in [3.8, 4) is 11.4 Å². The van der Waals surface area contributed by atoms with Crippen molar-refractivity contribution >= 4 is 5.91 Å². The lowest BCUT2D eigenvalue weighted by molar-refractivity contribution is 0.0931. The van der Waals surface area contributed by atoms with Crippen molar-refractivity contribution in [2.24, 2.45) is 0 Å². The number of aryl methyl sites for hydroxylation is 2. The number of amides is 1. The van der Waals surface area contributed by atoms with E-state index in [9.17, 15) is 9.90 Å². The van der Waals surface area contributed by atoms with Crippen LogP contribution < -0.4 is 5.32 Å². The van der Waals surface area contributed by atoms with Gasteiger partial charge in [-0.3, -0.25) is 9.78 Å². The highest BCUT2D eigenvalue weighted by atomic mass is 16.5. The molecule has 0 bridgehead atoms. The van der Waals surface area contributed by atoms with Gasteiger partial charge in [0.1, 0.15) is 5.69 Å². The molecule has 7 nitrogen and oxygen atoms in total. The number of carbonyl (C=O) groups is 1. The maximum absolute atomic E-state index is 12.5. The van der Waals surface area contributed by atoms with Gasteiger partial charge in [-0.15, -0.1) is 0 Å². The number of carbonyl (C=O) groups excluding carboxylic acids is 1. The molecule has 138 valence electrons. The second-order valence-electron chi connectivity index (χ2n) is 6.55. The summed E-state index contributed by atoms with van der Waals surface area (Å²) >= 11 is 0. The fourth-order valence-electron chi connectivity index (χ4n) is 3.35. The zero-order valence-corrected chi connectivity index (χ0v) is 15.0. The number of aliphatic hydroxyl groups is 1. The van der Waals surface area contributed by atoms with Crippen molar-refractivity contribution in [1.29, 1.82) is 0 Å². The Morgan fingerprint density at radius 1 is 1.33 bits per heavy atom. The molecule has 0 unspecified atom stereocenters. The van der Waals surface area contributed by atoms with Crippen LogP contribution in [0.3, 0.4) is 0 Å². The normalized spacial score (nSPS) is 15.6. The van der Waals surface area contributed by atoms with Gasteiger partial charge < -0.3 is 14.9 Å². The van der Waals surface area contributed by atoms with E-state index in [0.29, 0.717) is 29.4 Å². The van der Waals surface area contributed by atoms with Crippen molar-refractivity contribution in [3.63, 3.8) is 0 Å². The molecule has 1 aliphatic rings. The van der Waals surface area contributed by atoms with E-state index in [1.807, 2.05) is 19.1 Å². The van der Waals surface area contributed by atoms with Crippen LogP contribution in [-0.2, 0) is 19.4 Å². The topological polar surface area (TPSA) is 101 Å².